The van der Waals surface area contributed by atoms with Gasteiger partial charge in [0.1, 0.15) is 5.82 Å². The van der Waals surface area contributed by atoms with Gasteiger partial charge in [-0.1, -0.05) is 6.07 Å². The van der Waals surface area contributed by atoms with Gasteiger partial charge in [-0.25, -0.2) is 12.8 Å². The first-order valence-electron chi connectivity index (χ1n) is 6.92. The molecule has 5 nitrogen and oxygen atoms in total. The molecule has 0 spiro atoms. The standard InChI is InChI=1S/C14H21FN2O3S/c1-16(2)13-4-3-7-17(9-13)21(19,20)14-8-12(15)6-5-11(14)10-18/h5-6,8,13,18H,3-4,7,9-10H2,1-2H3. The van der Waals surface area contributed by atoms with Crippen molar-refractivity contribution >= 4 is 10.0 Å². The van der Waals surface area contributed by atoms with Gasteiger partial charge in [-0.2, -0.15) is 4.31 Å². The van der Waals surface area contributed by atoms with Crippen LogP contribution in [0.2, 0.25) is 0 Å². The largest absolute Gasteiger partial charge is 0.392 e. The maximum absolute atomic E-state index is 13.4. The summed E-state index contributed by atoms with van der Waals surface area (Å²) in [5.41, 5.74) is 0.225. The lowest BCUT2D eigenvalue weighted by molar-refractivity contribution is 0.190. The second kappa shape index (κ2) is 6.39. The lowest BCUT2D eigenvalue weighted by atomic mass is 10.1. The topological polar surface area (TPSA) is 60.9 Å². The van der Waals surface area contributed by atoms with E-state index in [1.54, 1.807) is 0 Å². The molecule has 1 aromatic rings. The molecule has 0 radical (unpaired) electrons. The van der Waals surface area contributed by atoms with Crippen molar-refractivity contribution in [3.63, 3.8) is 0 Å². The Morgan fingerprint density at radius 2 is 2.14 bits per heavy atom. The highest BCUT2D eigenvalue weighted by molar-refractivity contribution is 7.89. The number of benzene rings is 1. The van der Waals surface area contributed by atoms with Crippen LogP contribution in [-0.4, -0.2) is 56.0 Å². The van der Waals surface area contributed by atoms with Gasteiger partial charge in [0.25, 0.3) is 0 Å². The van der Waals surface area contributed by atoms with Crippen molar-refractivity contribution in [2.75, 3.05) is 27.2 Å². The predicted octanol–water partition coefficient (Wildman–Crippen LogP) is 1.03. The second-order valence-electron chi connectivity index (χ2n) is 5.53. The third-order valence-corrected chi connectivity index (χ3v) is 5.85. The van der Waals surface area contributed by atoms with Crippen LogP contribution in [-0.2, 0) is 16.6 Å². The van der Waals surface area contributed by atoms with Crippen LogP contribution in [0, 0.1) is 5.82 Å². The van der Waals surface area contributed by atoms with E-state index in [1.165, 1.54) is 10.4 Å². The molecular formula is C14H21FN2O3S. The molecule has 1 unspecified atom stereocenters. The molecule has 0 bridgehead atoms. The molecule has 7 heteroatoms. The minimum Gasteiger partial charge on any atom is -0.392 e. The third-order valence-electron chi connectivity index (χ3n) is 3.91. The van der Waals surface area contributed by atoms with Gasteiger partial charge in [0.2, 0.25) is 10.0 Å². The van der Waals surface area contributed by atoms with Gasteiger partial charge in [-0.3, -0.25) is 0 Å². The number of rotatable bonds is 4. The first-order chi connectivity index (χ1) is 9.86. The number of piperidine rings is 1. The first-order valence-corrected chi connectivity index (χ1v) is 8.36. The van der Waals surface area contributed by atoms with Crippen molar-refractivity contribution in [1.82, 2.24) is 9.21 Å². The zero-order valence-corrected chi connectivity index (χ0v) is 13.1. The Kier molecular flexibility index (Phi) is 4.98. The maximum atomic E-state index is 13.4. The molecule has 1 atom stereocenters. The Hall–Kier alpha value is -1.02. The Balaban J connectivity index is 2.35. The minimum absolute atomic E-state index is 0.135. The van der Waals surface area contributed by atoms with Crippen LogP contribution in [0.1, 0.15) is 18.4 Å². The number of sulfonamides is 1. The Morgan fingerprint density at radius 1 is 1.43 bits per heavy atom. The van der Waals surface area contributed by atoms with Crippen molar-refractivity contribution in [2.45, 2.75) is 30.4 Å². The highest BCUT2D eigenvalue weighted by Gasteiger charge is 2.32. The third kappa shape index (κ3) is 3.42. The van der Waals surface area contributed by atoms with Gasteiger partial charge in [0.15, 0.2) is 0 Å². The van der Waals surface area contributed by atoms with Crippen LogP contribution in [0.5, 0.6) is 0 Å². The fourth-order valence-electron chi connectivity index (χ4n) is 2.60. The molecule has 0 amide bonds. The van der Waals surface area contributed by atoms with Gasteiger partial charge in [0.05, 0.1) is 11.5 Å². The van der Waals surface area contributed by atoms with Gasteiger partial charge >= 0.3 is 0 Å². The average molecular weight is 316 g/mol. The number of hydrogen-bond donors (Lipinski definition) is 1. The van der Waals surface area contributed by atoms with Crippen LogP contribution in [0.3, 0.4) is 0 Å². The van der Waals surface area contributed by atoms with E-state index in [0.717, 1.165) is 25.0 Å². The number of likely N-dealkylation sites (N-methyl/N-ethyl adjacent to an activating group) is 1. The van der Waals surface area contributed by atoms with Crippen molar-refractivity contribution < 1.29 is 17.9 Å². The maximum Gasteiger partial charge on any atom is 0.243 e. The van der Waals surface area contributed by atoms with Gasteiger partial charge in [-0.15, -0.1) is 0 Å². The fourth-order valence-corrected chi connectivity index (χ4v) is 4.34. The van der Waals surface area contributed by atoms with Gasteiger partial charge in [0, 0.05) is 19.1 Å². The van der Waals surface area contributed by atoms with E-state index < -0.39 is 22.4 Å². The van der Waals surface area contributed by atoms with Crippen molar-refractivity contribution in [3.05, 3.63) is 29.6 Å². The SMILES string of the molecule is CN(C)C1CCCN(S(=O)(=O)c2cc(F)ccc2CO)C1. The molecule has 1 fully saturated rings. The lowest BCUT2D eigenvalue weighted by Gasteiger charge is -2.35. The Bertz CT molecular complexity index is 604. The highest BCUT2D eigenvalue weighted by Crippen LogP contribution is 2.25. The summed E-state index contributed by atoms with van der Waals surface area (Å²) in [7, 11) is 0.0505. The highest BCUT2D eigenvalue weighted by atomic mass is 32.2. The van der Waals surface area contributed by atoms with Gasteiger partial charge < -0.3 is 10.0 Å². The van der Waals surface area contributed by atoms with E-state index in [2.05, 4.69) is 0 Å². The van der Waals surface area contributed by atoms with E-state index in [9.17, 15) is 17.9 Å². The summed E-state index contributed by atoms with van der Waals surface area (Å²) in [6.07, 6.45) is 1.71. The molecule has 1 N–H and O–H groups in total. The molecule has 118 valence electrons. The molecule has 21 heavy (non-hydrogen) atoms. The van der Waals surface area contributed by atoms with Crippen LogP contribution >= 0.6 is 0 Å². The average Bonchev–Trinajstić information content (AvgIpc) is 2.47. The van der Waals surface area contributed by atoms with E-state index >= 15 is 0 Å². The fraction of sp³-hybridized carbons (Fsp3) is 0.571. The summed E-state index contributed by atoms with van der Waals surface area (Å²) in [6, 6.07) is 3.61. The van der Waals surface area contributed by atoms with E-state index in [1.807, 2.05) is 19.0 Å². The number of aliphatic hydroxyl groups excluding tert-OH is 1. The smallest absolute Gasteiger partial charge is 0.243 e. The van der Waals surface area contributed by atoms with Crippen molar-refractivity contribution in [1.29, 1.82) is 0 Å². The molecule has 1 aliphatic heterocycles. The normalized spacial score (nSPS) is 20.9. The monoisotopic (exact) mass is 316 g/mol. The number of halogens is 1. The summed E-state index contributed by atoms with van der Waals surface area (Å²) < 4.78 is 40.2. The van der Waals surface area contributed by atoms with Crippen LogP contribution in [0.4, 0.5) is 4.39 Å². The molecule has 0 aliphatic carbocycles. The van der Waals surface area contributed by atoms with E-state index in [4.69, 9.17) is 0 Å². The molecule has 0 aromatic heterocycles. The second-order valence-corrected chi connectivity index (χ2v) is 7.44. The van der Waals surface area contributed by atoms with Crippen LogP contribution < -0.4 is 0 Å². The lowest BCUT2D eigenvalue weighted by Crippen LogP contribution is -2.47. The van der Waals surface area contributed by atoms with Crippen LogP contribution in [0.25, 0.3) is 0 Å². The molecule has 1 heterocycles. The zero-order valence-electron chi connectivity index (χ0n) is 12.3. The summed E-state index contributed by atoms with van der Waals surface area (Å²) in [5, 5.41) is 9.30. The van der Waals surface area contributed by atoms with Crippen molar-refractivity contribution in [3.8, 4) is 0 Å². The van der Waals surface area contributed by atoms with Gasteiger partial charge in [-0.05, 0) is 44.6 Å². The quantitative estimate of drug-likeness (QED) is 0.901. The molecule has 1 saturated heterocycles. The Morgan fingerprint density at radius 3 is 2.76 bits per heavy atom. The van der Waals surface area contributed by atoms with Crippen LogP contribution in [0.15, 0.2) is 23.1 Å². The summed E-state index contributed by atoms with van der Waals surface area (Å²) in [4.78, 5) is 1.87. The molecule has 0 saturated carbocycles. The minimum atomic E-state index is -3.79. The number of aliphatic hydroxyl groups is 1. The first kappa shape index (κ1) is 16.4. The molecule has 1 aliphatic rings. The van der Waals surface area contributed by atoms with E-state index in [-0.39, 0.29) is 16.5 Å². The predicted molar refractivity (Wildman–Crippen MR) is 77.8 cm³/mol. The van der Waals surface area contributed by atoms with E-state index in [0.29, 0.717) is 13.1 Å². The summed E-state index contributed by atoms with van der Waals surface area (Å²) >= 11 is 0. The Labute approximate surface area is 125 Å². The zero-order chi connectivity index (χ0) is 15.6. The van der Waals surface area contributed by atoms with Crippen molar-refractivity contribution in [2.24, 2.45) is 0 Å². The molecule has 2 rings (SSSR count). The molecular weight excluding hydrogens is 295 g/mol. The summed E-state index contributed by atoms with van der Waals surface area (Å²) in [6.45, 7) is 0.380. The molecule has 1 aromatic carbocycles. The summed E-state index contributed by atoms with van der Waals surface area (Å²) in [5.74, 6) is -0.619. The number of nitrogens with zero attached hydrogens (tertiary/aromatic N) is 2. The number of hydrogen-bond acceptors (Lipinski definition) is 4.